The van der Waals surface area contributed by atoms with Crippen molar-refractivity contribution < 1.29 is 0 Å². The molecule has 102 valence electrons. The SMILES string of the molecule is CCCC1CCCN(C[C@@H](N)C(C)(C)C)CC1. The quantitative estimate of drug-likeness (QED) is 0.817. The lowest BCUT2D eigenvalue weighted by molar-refractivity contribution is 0.202. The molecule has 0 aliphatic carbocycles. The van der Waals surface area contributed by atoms with Gasteiger partial charge < -0.3 is 10.6 Å². The number of nitrogens with two attached hydrogens (primary N) is 1. The molecule has 1 aliphatic rings. The Hall–Kier alpha value is -0.0800. The minimum absolute atomic E-state index is 0.231. The molecular weight excluding hydrogens is 208 g/mol. The summed E-state index contributed by atoms with van der Waals surface area (Å²) in [4.78, 5) is 2.59. The van der Waals surface area contributed by atoms with Crippen LogP contribution in [0.25, 0.3) is 0 Å². The first kappa shape index (κ1) is 15.0. The Balaban J connectivity index is 2.36. The molecule has 1 saturated heterocycles. The Morgan fingerprint density at radius 3 is 2.53 bits per heavy atom. The van der Waals surface area contributed by atoms with Gasteiger partial charge in [0, 0.05) is 12.6 Å². The molecule has 0 spiro atoms. The van der Waals surface area contributed by atoms with Crippen LogP contribution in [0.1, 0.15) is 59.8 Å². The van der Waals surface area contributed by atoms with E-state index in [0.717, 1.165) is 12.5 Å². The molecule has 2 atom stereocenters. The summed E-state index contributed by atoms with van der Waals surface area (Å²) in [5.74, 6) is 0.968. The van der Waals surface area contributed by atoms with Crippen LogP contribution in [-0.4, -0.2) is 30.6 Å². The van der Waals surface area contributed by atoms with E-state index < -0.39 is 0 Å². The van der Waals surface area contributed by atoms with Crippen molar-refractivity contribution in [3.05, 3.63) is 0 Å². The van der Waals surface area contributed by atoms with Gasteiger partial charge in [-0.2, -0.15) is 0 Å². The number of rotatable bonds is 4. The van der Waals surface area contributed by atoms with Crippen LogP contribution in [0.2, 0.25) is 0 Å². The molecule has 1 heterocycles. The van der Waals surface area contributed by atoms with Crippen LogP contribution in [0.4, 0.5) is 0 Å². The van der Waals surface area contributed by atoms with Crippen LogP contribution in [0.5, 0.6) is 0 Å². The molecule has 0 aromatic heterocycles. The molecule has 1 aliphatic heterocycles. The van der Waals surface area contributed by atoms with Gasteiger partial charge in [0.25, 0.3) is 0 Å². The van der Waals surface area contributed by atoms with Crippen LogP contribution < -0.4 is 5.73 Å². The lowest BCUT2D eigenvalue weighted by Crippen LogP contribution is -2.45. The van der Waals surface area contributed by atoms with Gasteiger partial charge in [-0.15, -0.1) is 0 Å². The Morgan fingerprint density at radius 1 is 1.24 bits per heavy atom. The second-order valence-corrected chi connectivity index (χ2v) is 6.86. The first-order valence-electron chi connectivity index (χ1n) is 7.41. The lowest BCUT2D eigenvalue weighted by Gasteiger charge is -2.32. The zero-order chi connectivity index (χ0) is 12.9. The van der Waals surface area contributed by atoms with Crippen LogP contribution in [0.3, 0.4) is 0 Å². The summed E-state index contributed by atoms with van der Waals surface area (Å²) >= 11 is 0. The molecule has 0 amide bonds. The van der Waals surface area contributed by atoms with Crippen molar-refractivity contribution >= 4 is 0 Å². The number of nitrogens with zero attached hydrogens (tertiary/aromatic N) is 1. The molecule has 17 heavy (non-hydrogen) atoms. The maximum Gasteiger partial charge on any atom is 0.0217 e. The van der Waals surface area contributed by atoms with Crippen LogP contribution in [0.15, 0.2) is 0 Å². The third-order valence-corrected chi connectivity index (χ3v) is 4.20. The highest BCUT2D eigenvalue weighted by atomic mass is 15.1. The van der Waals surface area contributed by atoms with Gasteiger partial charge in [-0.3, -0.25) is 0 Å². The second-order valence-electron chi connectivity index (χ2n) is 6.86. The predicted molar refractivity (Wildman–Crippen MR) is 76.1 cm³/mol. The Bertz CT molecular complexity index is 207. The minimum Gasteiger partial charge on any atom is -0.326 e. The first-order valence-corrected chi connectivity index (χ1v) is 7.41. The normalized spacial score (nSPS) is 25.6. The molecule has 1 rings (SSSR count). The fraction of sp³-hybridized carbons (Fsp3) is 1.00. The van der Waals surface area contributed by atoms with E-state index >= 15 is 0 Å². The van der Waals surface area contributed by atoms with Crippen LogP contribution >= 0.6 is 0 Å². The van der Waals surface area contributed by atoms with Gasteiger partial charge in [0.2, 0.25) is 0 Å². The zero-order valence-electron chi connectivity index (χ0n) is 12.3. The molecule has 0 saturated carbocycles. The topological polar surface area (TPSA) is 29.3 Å². The molecular formula is C15H32N2. The summed E-state index contributed by atoms with van der Waals surface area (Å²) in [5, 5.41) is 0. The zero-order valence-corrected chi connectivity index (χ0v) is 12.3. The van der Waals surface area contributed by atoms with Gasteiger partial charge in [0.15, 0.2) is 0 Å². The van der Waals surface area contributed by atoms with E-state index in [4.69, 9.17) is 5.73 Å². The molecule has 0 bridgehead atoms. The van der Waals surface area contributed by atoms with Crippen molar-refractivity contribution in [2.45, 2.75) is 65.8 Å². The highest BCUT2D eigenvalue weighted by Crippen LogP contribution is 2.23. The van der Waals surface area contributed by atoms with Gasteiger partial charge in [-0.1, -0.05) is 40.5 Å². The van der Waals surface area contributed by atoms with Crippen molar-refractivity contribution in [2.24, 2.45) is 17.1 Å². The minimum atomic E-state index is 0.231. The number of hydrogen-bond donors (Lipinski definition) is 1. The average molecular weight is 240 g/mol. The standard InChI is InChI=1S/C15H32N2/c1-5-7-13-8-6-10-17(11-9-13)12-14(16)15(2,3)4/h13-14H,5-12,16H2,1-4H3/t13?,14-/m1/s1. The molecule has 0 aromatic carbocycles. The van der Waals surface area contributed by atoms with E-state index in [1.165, 1.54) is 45.2 Å². The van der Waals surface area contributed by atoms with Crippen LogP contribution in [0, 0.1) is 11.3 Å². The van der Waals surface area contributed by atoms with E-state index in [-0.39, 0.29) is 5.41 Å². The third-order valence-electron chi connectivity index (χ3n) is 4.20. The fourth-order valence-corrected chi connectivity index (χ4v) is 2.66. The molecule has 1 fully saturated rings. The van der Waals surface area contributed by atoms with Gasteiger partial charge >= 0.3 is 0 Å². The predicted octanol–water partition coefficient (Wildman–Crippen LogP) is 3.26. The highest BCUT2D eigenvalue weighted by molar-refractivity contribution is 4.81. The fourth-order valence-electron chi connectivity index (χ4n) is 2.66. The van der Waals surface area contributed by atoms with Gasteiger partial charge in [-0.05, 0) is 43.7 Å². The summed E-state index contributed by atoms with van der Waals surface area (Å²) in [6, 6.07) is 0.297. The molecule has 0 aromatic rings. The highest BCUT2D eigenvalue weighted by Gasteiger charge is 2.24. The smallest absolute Gasteiger partial charge is 0.0217 e. The Morgan fingerprint density at radius 2 is 1.94 bits per heavy atom. The Labute approximate surface area is 108 Å². The number of hydrogen-bond acceptors (Lipinski definition) is 2. The molecule has 2 N–H and O–H groups in total. The van der Waals surface area contributed by atoms with E-state index in [2.05, 4.69) is 32.6 Å². The number of likely N-dealkylation sites (tertiary alicyclic amines) is 1. The summed E-state index contributed by atoms with van der Waals surface area (Å²) < 4.78 is 0. The summed E-state index contributed by atoms with van der Waals surface area (Å²) in [5.41, 5.74) is 6.52. The monoisotopic (exact) mass is 240 g/mol. The van der Waals surface area contributed by atoms with E-state index in [1.807, 2.05) is 0 Å². The summed E-state index contributed by atoms with van der Waals surface area (Å²) in [6.45, 7) is 12.6. The van der Waals surface area contributed by atoms with Crippen molar-refractivity contribution in [1.82, 2.24) is 4.90 Å². The summed E-state index contributed by atoms with van der Waals surface area (Å²) in [6.07, 6.45) is 6.92. The Kier molecular flexibility index (Phi) is 5.94. The van der Waals surface area contributed by atoms with Gasteiger partial charge in [0.1, 0.15) is 0 Å². The average Bonchev–Trinajstić information content (AvgIpc) is 2.43. The van der Waals surface area contributed by atoms with Crippen molar-refractivity contribution in [3.8, 4) is 0 Å². The molecule has 2 nitrogen and oxygen atoms in total. The third kappa shape index (κ3) is 5.39. The molecule has 0 radical (unpaired) electrons. The van der Waals surface area contributed by atoms with E-state index in [9.17, 15) is 0 Å². The largest absolute Gasteiger partial charge is 0.326 e. The molecule has 2 heteroatoms. The van der Waals surface area contributed by atoms with Crippen molar-refractivity contribution in [2.75, 3.05) is 19.6 Å². The van der Waals surface area contributed by atoms with Gasteiger partial charge in [-0.25, -0.2) is 0 Å². The van der Waals surface area contributed by atoms with Gasteiger partial charge in [0.05, 0.1) is 0 Å². The summed E-state index contributed by atoms with van der Waals surface area (Å²) in [7, 11) is 0. The molecule has 1 unspecified atom stereocenters. The van der Waals surface area contributed by atoms with Crippen molar-refractivity contribution in [3.63, 3.8) is 0 Å². The van der Waals surface area contributed by atoms with Crippen LogP contribution in [-0.2, 0) is 0 Å². The maximum atomic E-state index is 6.28. The maximum absolute atomic E-state index is 6.28. The first-order chi connectivity index (χ1) is 7.93. The second kappa shape index (κ2) is 6.75. The van der Waals surface area contributed by atoms with E-state index in [0.29, 0.717) is 6.04 Å². The lowest BCUT2D eigenvalue weighted by atomic mass is 9.87. The van der Waals surface area contributed by atoms with Crippen molar-refractivity contribution in [1.29, 1.82) is 0 Å². The van der Waals surface area contributed by atoms with E-state index in [1.54, 1.807) is 0 Å².